The van der Waals surface area contributed by atoms with E-state index in [0.29, 0.717) is 11.5 Å². The van der Waals surface area contributed by atoms with E-state index in [-0.39, 0.29) is 0 Å². The molecule has 0 aromatic carbocycles. The van der Waals surface area contributed by atoms with Crippen LogP contribution in [-0.4, -0.2) is 23.6 Å². The van der Waals surface area contributed by atoms with Crippen LogP contribution in [0.2, 0.25) is 0 Å². The highest BCUT2D eigenvalue weighted by atomic mass is 32.2. The summed E-state index contributed by atoms with van der Waals surface area (Å²) in [7, 11) is 0. The minimum absolute atomic E-state index is 0.494. The molecule has 0 aromatic rings. The molecule has 1 atom stereocenters. The van der Waals surface area contributed by atoms with Crippen molar-refractivity contribution in [2.75, 3.05) is 11.5 Å². The Balaban J connectivity index is 2.48. The fourth-order valence-corrected chi connectivity index (χ4v) is 3.64. The van der Waals surface area contributed by atoms with Crippen LogP contribution in [0.1, 0.15) is 47.0 Å². The van der Waals surface area contributed by atoms with Gasteiger partial charge in [-0.3, -0.25) is 0 Å². The first-order valence-electron chi connectivity index (χ1n) is 5.94. The van der Waals surface area contributed by atoms with Crippen molar-refractivity contribution < 1.29 is 0 Å². The lowest BCUT2D eigenvalue weighted by atomic mass is 9.81. The molecule has 1 N–H and O–H groups in total. The van der Waals surface area contributed by atoms with Gasteiger partial charge in [-0.15, -0.1) is 0 Å². The highest BCUT2D eigenvalue weighted by Gasteiger charge is 2.33. The Hall–Kier alpha value is 0.310. The monoisotopic (exact) mass is 215 g/mol. The lowest BCUT2D eigenvalue weighted by Gasteiger charge is -2.40. The van der Waals surface area contributed by atoms with E-state index < -0.39 is 0 Å². The molecule has 2 heteroatoms. The maximum absolute atomic E-state index is 3.82. The van der Waals surface area contributed by atoms with Crippen molar-refractivity contribution in [2.24, 2.45) is 5.41 Å². The van der Waals surface area contributed by atoms with Crippen molar-refractivity contribution in [1.82, 2.24) is 5.32 Å². The Bertz CT molecular complexity index is 164. The van der Waals surface area contributed by atoms with Gasteiger partial charge in [0.05, 0.1) is 0 Å². The largest absolute Gasteiger partial charge is 0.310 e. The molecule has 0 spiro atoms. The highest BCUT2D eigenvalue weighted by Crippen LogP contribution is 2.34. The van der Waals surface area contributed by atoms with Gasteiger partial charge in [0.15, 0.2) is 0 Å². The van der Waals surface area contributed by atoms with Crippen LogP contribution in [0, 0.1) is 5.41 Å². The molecule has 0 aliphatic carbocycles. The van der Waals surface area contributed by atoms with Crippen LogP contribution < -0.4 is 5.32 Å². The van der Waals surface area contributed by atoms with E-state index in [1.165, 1.54) is 30.8 Å². The molecule has 1 nitrogen and oxygen atoms in total. The smallest absolute Gasteiger partial charge is 0.0212 e. The number of thioether (sulfide) groups is 1. The molecule has 1 fully saturated rings. The van der Waals surface area contributed by atoms with Gasteiger partial charge in [-0.1, -0.05) is 27.7 Å². The van der Waals surface area contributed by atoms with Crippen molar-refractivity contribution in [3.8, 4) is 0 Å². The van der Waals surface area contributed by atoms with E-state index in [2.05, 4.69) is 44.8 Å². The SMILES string of the molecule is CCC(CC)NC1CSCCC1(C)C. The Labute approximate surface area is 93.4 Å². The fraction of sp³-hybridized carbons (Fsp3) is 1.00. The second-order valence-corrected chi connectivity index (χ2v) is 6.20. The number of nitrogens with one attached hydrogen (secondary N) is 1. The summed E-state index contributed by atoms with van der Waals surface area (Å²) in [6.07, 6.45) is 3.87. The maximum atomic E-state index is 3.82. The second kappa shape index (κ2) is 5.41. The lowest BCUT2D eigenvalue weighted by molar-refractivity contribution is 0.224. The molecule has 14 heavy (non-hydrogen) atoms. The Kier molecular flexibility index (Phi) is 4.78. The molecular formula is C12H25NS. The van der Waals surface area contributed by atoms with Crippen molar-refractivity contribution in [3.05, 3.63) is 0 Å². The van der Waals surface area contributed by atoms with E-state index >= 15 is 0 Å². The zero-order valence-corrected chi connectivity index (χ0v) is 10.9. The van der Waals surface area contributed by atoms with E-state index in [9.17, 15) is 0 Å². The normalized spacial score (nSPS) is 26.8. The molecule has 84 valence electrons. The van der Waals surface area contributed by atoms with E-state index in [4.69, 9.17) is 0 Å². The average molecular weight is 215 g/mol. The number of rotatable bonds is 4. The second-order valence-electron chi connectivity index (χ2n) is 5.05. The van der Waals surface area contributed by atoms with Gasteiger partial charge in [0.25, 0.3) is 0 Å². The molecule has 1 rings (SSSR count). The highest BCUT2D eigenvalue weighted by molar-refractivity contribution is 7.99. The van der Waals surface area contributed by atoms with Gasteiger partial charge in [0.2, 0.25) is 0 Å². The molecule has 1 aliphatic heterocycles. The fourth-order valence-electron chi connectivity index (χ4n) is 2.02. The predicted molar refractivity (Wildman–Crippen MR) is 67.0 cm³/mol. The van der Waals surface area contributed by atoms with Crippen molar-refractivity contribution in [3.63, 3.8) is 0 Å². The third kappa shape index (κ3) is 3.16. The minimum Gasteiger partial charge on any atom is -0.310 e. The van der Waals surface area contributed by atoms with E-state index in [1.807, 2.05) is 0 Å². The van der Waals surface area contributed by atoms with Crippen LogP contribution in [0.3, 0.4) is 0 Å². The van der Waals surface area contributed by atoms with Crippen LogP contribution in [0.4, 0.5) is 0 Å². The number of hydrogen-bond donors (Lipinski definition) is 1. The van der Waals surface area contributed by atoms with Gasteiger partial charge < -0.3 is 5.32 Å². The van der Waals surface area contributed by atoms with Crippen LogP contribution in [-0.2, 0) is 0 Å². The third-order valence-electron chi connectivity index (χ3n) is 3.54. The summed E-state index contributed by atoms with van der Waals surface area (Å²) in [6, 6.07) is 1.43. The molecule has 1 aliphatic rings. The molecule has 0 saturated carbocycles. The topological polar surface area (TPSA) is 12.0 Å². The molecule has 1 saturated heterocycles. The third-order valence-corrected chi connectivity index (χ3v) is 4.60. The molecule has 1 unspecified atom stereocenters. The summed E-state index contributed by atoms with van der Waals surface area (Å²) in [4.78, 5) is 0. The van der Waals surface area contributed by atoms with Gasteiger partial charge in [0.1, 0.15) is 0 Å². The standard InChI is InChI=1S/C12H25NS/c1-5-10(6-2)13-11-9-14-8-7-12(11,3)4/h10-11,13H,5-9H2,1-4H3. The average Bonchev–Trinajstić information content (AvgIpc) is 2.16. The first-order chi connectivity index (χ1) is 6.60. The minimum atomic E-state index is 0.494. The molecule has 1 heterocycles. The van der Waals surface area contributed by atoms with Gasteiger partial charge in [-0.25, -0.2) is 0 Å². The molecule has 0 bridgehead atoms. The van der Waals surface area contributed by atoms with E-state index in [0.717, 1.165) is 6.04 Å². The Morgan fingerprint density at radius 3 is 2.50 bits per heavy atom. The van der Waals surface area contributed by atoms with Crippen LogP contribution in [0.25, 0.3) is 0 Å². The summed E-state index contributed by atoms with van der Waals surface area (Å²) >= 11 is 2.11. The lowest BCUT2D eigenvalue weighted by Crippen LogP contribution is -2.50. The van der Waals surface area contributed by atoms with Crippen LogP contribution >= 0.6 is 11.8 Å². The zero-order valence-electron chi connectivity index (χ0n) is 10.1. The maximum Gasteiger partial charge on any atom is 0.0212 e. The summed E-state index contributed by atoms with van der Waals surface area (Å²) in [5.74, 6) is 2.64. The predicted octanol–water partition coefficient (Wildman–Crippen LogP) is 3.30. The van der Waals surface area contributed by atoms with Gasteiger partial charge >= 0.3 is 0 Å². The quantitative estimate of drug-likeness (QED) is 0.772. The van der Waals surface area contributed by atoms with Gasteiger partial charge in [-0.2, -0.15) is 11.8 Å². The van der Waals surface area contributed by atoms with Crippen molar-refractivity contribution >= 4 is 11.8 Å². The Morgan fingerprint density at radius 2 is 2.00 bits per heavy atom. The first kappa shape index (κ1) is 12.4. The first-order valence-corrected chi connectivity index (χ1v) is 7.09. The summed E-state index contributed by atoms with van der Waals surface area (Å²) in [5, 5.41) is 3.82. The zero-order chi connectivity index (χ0) is 10.6. The van der Waals surface area contributed by atoms with Crippen molar-refractivity contribution in [2.45, 2.75) is 59.0 Å². The summed E-state index contributed by atoms with van der Waals surface area (Å²) in [5.41, 5.74) is 0.494. The summed E-state index contributed by atoms with van der Waals surface area (Å²) in [6.45, 7) is 9.38. The van der Waals surface area contributed by atoms with Crippen molar-refractivity contribution in [1.29, 1.82) is 0 Å². The van der Waals surface area contributed by atoms with Gasteiger partial charge in [-0.05, 0) is 30.4 Å². The Morgan fingerprint density at radius 1 is 1.36 bits per heavy atom. The van der Waals surface area contributed by atoms with Gasteiger partial charge in [0, 0.05) is 17.8 Å². The van der Waals surface area contributed by atoms with Crippen LogP contribution in [0.15, 0.2) is 0 Å². The summed E-state index contributed by atoms with van der Waals surface area (Å²) < 4.78 is 0. The molecule has 0 radical (unpaired) electrons. The molecule has 0 amide bonds. The molecular weight excluding hydrogens is 190 g/mol. The van der Waals surface area contributed by atoms with Crippen LogP contribution in [0.5, 0.6) is 0 Å². The van der Waals surface area contributed by atoms with E-state index in [1.54, 1.807) is 0 Å². The number of hydrogen-bond acceptors (Lipinski definition) is 2. The molecule has 0 aromatic heterocycles.